The van der Waals surface area contributed by atoms with Crippen molar-refractivity contribution < 1.29 is 9.59 Å². The van der Waals surface area contributed by atoms with Crippen molar-refractivity contribution in [2.45, 2.75) is 70.8 Å². The summed E-state index contributed by atoms with van der Waals surface area (Å²) in [6, 6.07) is -0.321. The van der Waals surface area contributed by atoms with Gasteiger partial charge in [0.1, 0.15) is 5.54 Å². The monoisotopic (exact) mass is 396 g/mol. The van der Waals surface area contributed by atoms with Crippen molar-refractivity contribution in [3.8, 4) is 0 Å². The lowest BCUT2D eigenvalue weighted by atomic mass is 9.86. The first kappa shape index (κ1) is 17.0. The molecule has 0 atom stereocenters. The van der Waals surface area contributed by atoms with Crippen LogP contribution in [0.4, 0.5) is 4.79 Å². The van der Waals surface area contributed by atoms with Gasteiger partial charge in [-0.2, -0.15) is 3.93 Å². The number of hydrogen-bond donors (Lipinski definition) is 0. The number of carbonyl (C=O) groups excluding carboxylic acids is 2. The van der Waals surface area contributed by atoms with Crippen molar-refractivity contribution in [3.63, 3.8) is 0 Å². The largest absolute Gasteiger partial charge is 0.348 e. The summed E-state index contributed by atoms with van der Waals surface area (Å²) in [6.07, 6.45) is 7.75. The number of amides is 3. The summed E-state index contributed by atoms with van der Waals surface area (Å²) in [4.78, 5) is 24.4. The molecule has 0 aromatic heterocycles. The van der Waals surface area contributed by atoms with Gasteiger partial charge in [-0.1, -0.05) is 52.4 Å². The van der Waals surface area contributed by atoms with Crippen molar-refractivity contribution in [2.24, 2.45) is 0 Å². The van der Waals surface area contributed by atoms with E-state index in [9.17, 15) is 9.59 Å². The Bertz CT molecular complexity index is 327. The van der Waals surface area contributed by atoms with Gasteiger partial charge < -0.3 is 0 Å². The maximum atomic E-state index is 12.4. The molecule has 1 heterocycles. The van der Waals surface area contributed by atoms with Crippen LogP contribution in [0.25, 0.3) is 0 Å². The van der Waals surface area contributed by atoms with Crippen LogP contribution in [0.2, 0.25) is 0 Å². The third-order valence-electron chi connectivity index (χ3n) is 3.68. The van der Waals surface area contributed by atoms with E-state index in [0.29, 0.717) is 0 Å². The normalized spacial score (nSPS) is 18.5. The smallest absolute Gasteiger partial charge is 0.271 e. The van der Waals surface area contributed by atoms with Gasteiger partial charge in [-0.25, -0.2) is 8.72 Å². The zero-order chi connectivity index (χ0) is 14.5. The van der Waals surface area contributed by atoms with Crippen molar-refractivity contribution in [1.29, 1.82) is 0 Å². The summed E-state index contributed by atoms with van der Waals surface area (Å²) >= 11 is 6.37. The summed E-state index contributed by atoms with van der Waals surface area (Å²) in [6.45, 7) is 4.27. The summed E-state index contributed by atoms with van der Waals surface area (Å²) < 4.78 is 2.50. The number of hydrogen-bond acceptors (Lipinski definition) is 2. The number of urea groups is 1. The second-order valence-corrected chi connectivity index (χ2v) is 6.51. The standard InChI is InChI=1S/C13H22Br2N2O2/c1-3-5-7-9-13(10-8-6-4-2)11(18)16(14)12(19)17(13)15/h3-10H2,1-2H3. The number of halogens is 2. The summed E-state index contributed by atoms with van der Waals surface area (Å²) in [5.41, 5.74) is -0.703. The van der Waals surface area contributed by atoms with Gasteiger partial charge in [0.15, 0.2) is 0 Å². The van der Waals surface area contributed by atoms with E-state index in [1.54, 1.807) is 0 Å². The first-order chi connectivity index (χ1) is 9.01. The maximum absolute atomic E-state index is 12.4. The molecule has 0 bridgehead atoms. The molecule has 6 heteroatoms. The second-order valence-electron chi connectivity index (χ2n) is 5.10. The molecular weight excluding hydrogens is 376 g/mol. The molecule has 0 aliphatic carbocycles. The molecule has 0 aromatic carbocycles. The van der Waals surface area contributed by atoms with E-state index in [1.165, 1.54) is 3.93 Å². The maximum Gasteiger partial charge on any atom is 0.348 e. The Balaban J connectivity index is 2.84. The average molecular weight is 398 g/mol. The van der Waals surface area contributed by atoms with E-state index in [-0.39, 0.29) is 11.9 Å². The molecule has 0 aromatic rings. The Hall–Kier alpha value is -0.100. The van der Waals surface area contributed by atoms with Gasteiger partial charge in [0.2, 0.25) is 0 Å². The SMILES string of the molecule is CCCCCC1(CCCCC)C(=O)N(Br)C(=O)N1Br. The Morgan fingerprint density at radius 1 is 0.947 bits per heavy atom. The van der Waals surface area contributed by atoms with Crippen LogP contribution in [-0.2, 0) is 4.79 Å². The van der Waals surface area contributed by atoms with Crippen LogP contribution >= 0.6 is 32.3 Å². The molecule has 19 heavy (non-hydrogen) atoms. The topological polar surface area (TPSA) is 40.6 Å². The zero-order valence-corrected chi connectivity index (χ0v) is 14.8. The van der Waals surface area contributed by atoms with Gasteiger partial charge >= 0.3 is 6.03 Å². The van der Waals surface area contributed by atoms with Crippen LogP contribution in [0.1, 0.15) is 65.2 Å². The highest BCUT2D eigenvalue weighted by Gasteiger charge is 2.55. The fraction of sp³-hybridized carbons (Fsp3) is 0.846. The van der Waals surface area contributed by atoms with Gasteiger partial charge in [-0.3, -0.25) is 4.79 Å². The molecule has 1 saturated heterocycles. The van der Waals surface area contributed by atoms with Crippen LogP contribution in [0.3, 0.4) is 0 Å². The Morgan fingerprint density at radius 3 is 1.74 bits per heavy atom. The molecule has 1 aliphatic rings. The minimum absolute atomic E-state index is 0.137. The third-order valence-corrected chi connectivity index (χ3v) is 5.28. The fourth-order valence-corrected chi connectivity index (χ4v) is 3.85. The van der Waals surface area contributed by atoms with E-state index in [1.807, 2.05) is 0 Å². The van der Waals surface area contributed by atoms with Crippen LogP contribution in [0, 0.1) is 0 Å². The summed E-state index contributed by atoms with van der Waals surface area (Å²) in [7, 11) is 0. The van der Waals surface area contributed by atoms with Gasteiger partial charge in [-0.15, -0.1) is 0 Å². The molecule has 0 saturated carbocycles. The first-order valence-corrected chi connectivity index (χ1v) is 8.43. The predicted molar refractivity (Wildman–Crippen MR) is 83.0 cm³/mol. The van der Waals surface area contributed by atoms with E-state index in [0.717, 1.165) is 55.3 Å². The quantitative estimate of drug-likeness (QED) is 0.336. The molecule has 1 aliphatic heterocycles. The Morgan fingerprint density at radius 2 is 1.42 bits per heavy atom. The molecule has 1 rings (SSSR count). The van der Waals surface area contributed by atoms with Crippen LogP contribution in [0.15, 0.2) is 0 Å². The number of unbranched alkanes of at least 4 members (excludes halogenated alkanes) is 4. The van der Waals surface area contributed by atoms with Gasteiger partial charge in [0.05, 0.1) is 32.3 Å². The second kappa shape index (κ2) is 7.62. The zero-order valence-electron chi connectivity index (χ0n) is 11.6. The van der Waals surface area contributed by atoms with E-state index in [4.69, 9.17) is 0 Å². The lowest BCUT2D eigenvalue weighted by molar-refractivity contribution is -0.129. The van der Waals surface area contributed by atoms with Gasteiger partial charge in [0.25, 0.3) is 5.91 Å². The molecule has 1 fully saturated rings. The minimum atomic E-state index is -0.703. The number of rotatable bonds is 8. The lowest BCUT2D eigenvalue weighted by Crippen LogP contribution is -2.45. The van der Waals surface area contributed by atoms with Gasteiger partial charge in [-0.05, 0) is 12.8 Å². The van der Waals surface area contributed by atoms with E-state index >= 15 is 0 Å². The van der Waals surface area contributed by atoms with Gasteiger partial charge in [0, 0.05) is 0 Å². The number of carbonyl (C=O) groups is 2. The van der Waals surface area contributed by atoms with Crippen molar-refractivity contribution >= 4 is 44.2 Å². The highest BCUT2D eigenvalue weighted by atomic mass is 79.9. The first-order valence-electron chi connectivity index (χ1n) is 7.01. The van der Waals surface area contributed by atoms with E-state index < -0.39 is 5.54 Å². The fourth-order valence-electron chi connectivity index (χ4n) is 2.48. The molecule has 0 unspecified atom stereocenters. The Kier molecular flexibility index (Phi) is 6.80. The summed E-state index contributed by atoms with van der Waals surface area (Å²) in [5, 5.41) is 0. The molecule has 0 N–H and O–H groups in total. The summed E-state index contributed by atoms with van der Waals surface area (Å²) in [5.74, 6) is -0.137. The molecule has 0 radical (unpaired) electrons. The van der Waals surface area contributed by atoms with E-state index in [2.05, 4.69) is 46.1 Å². The lowest BCUT2D eigenvalue weighted by Gasteiger charge is -2.31. The number of imide groups is 1. The van der Waals surface area contributed by atoms with Crippen molar-refractivity contribution in [3.05, 3.63) is 0 Å². The minimum Gasteiger partial charge on any atom is -0.271 e. The van der Waals surface area contributed by atoms with Crippen molar-refractivity contribution in [2.75, 3.05) is 0 Å². The molecule has 0 spiro atoms. The molecular formula is C13H22Br2N2O2. The average Bonchev–Trinajstić information content (AvgIpc) is 2.56. The van der Waals surface area contributed by atoms with Crippen molar-refractivity contribution in [1.82, 2.24) is 7.85 Å². The molecule has 4 nitrogen and oxygen atoms in total. The number of nitrogens with zero attached hydrogens (tertiary/aromatic N) is 2. The highest BCUT2D eigenvalue weighted by molar-refractivity contribution is 9.08. The molecule has 110 valence electrons. The Labute approximate surface area is 132 Å². The van der Waals surface area contributed by atoms with Crippen LogP contribution < -0.4 is 0 Å². The highest BCUT2D eigenvalue weighted by Crippen LogP contribution is 2.40. The third kappa shape index (κ3) is 3.51. The predicted octanol–water partition coefficient (Wildman–Crippen LogP) is 4.77. The molecule has 3 amide bonds. The van der Waals surface area contributed by atoms with Crippen LogP contribution in [0.5, 0.6) is 0 Å². The van der Waals surface area contributed by atoms with Crippen LogP contribution in [-0.4, -0.2) is 25.3 Å².